The minimum atomic E-state index is 0.729. The van der Waals surface area contributed by atoms with Crippen LogP contribution in [0.15, 0.2) is 12.4 Å². The quantitative estimate of drug-likeness (QED) is 0.740. The third kappa shape index (κ3) is 1.44. The van der Waals surface area contributed by atoms with Crippen LogP contribution in [0.5, 0.6) is 0 Å². The molecule has 1 aromatic rings. The molecule has 0 radical (unpaired) electrons. The van der Waals surface area contributed by atoms with Gasteiger partial charge in [-0.25, -0.2) is 4.98 Å². The van der Waals surface area contributed by atoms with E-state index < -0.39 is 0 Å². The van der Waals surface area contributed by atoms with Gasteiger partial charge in [-0.2, -0.15) is 0 Å². The van der Waals surface area contributed by atoms with Crippen LogP contribution in [0, 0.1) is 0 Å². The zero-order chi connectivity index (χ0) is 8.39. The summed E-state index contributed by atoms with van der Waals surface area (Å²) < 4.78 is 2.25. The Morgan fingerprint density at radius 1 is 1.67 bits per heavy atom. The van der Waals surface area contributed by atoms with Crippen LogP contribution in [0.25, 0.3) is 0 Å². The van der Waals surface area contributed by atoms with Gasteiger partial charge in [-0.15, -0.1) is 0 Å². The minimum Gasteiger partial charge on any atom is -0.356 e. The molecular formula is C9H15N3. The van der Waals surface area contributed by atoms with Crippen LogP contribution in [-0.4, -0.2) is 16.1 Å². The van der Waals surface area contributed by atoms with Crippen molar-refractivity contribution in [1.29, 1.82) is 0 Å². The molecule has 0 spiro atoms. The molecule has 1 saturated carbocycles. The maximum Gasteiger partial charge on any atom is 0.203 e. The van der Waals surface area contributed by atoms with Crippen molar-refractivity contribution >= 4 is 5.95 Å². The van der Waals surface area contributed by atoms with Gasteiger partial charge in [-0.1, -0.05) is 6.92 Å². The molecule has 0 aromatic carbocycles. The van der Waals surface area contributed by atoms with E-state index in [1.807, 2.05) is 6.20 Å². The number of nitrogens with zero attached hydrogens (tertiary/aromatic N) is 2. The van der Waals surface area contributed by atoms with Crippen LogP contribution >= 0.6 is 0 Å². The summed E-state index contributed by atoms with van der Waals surface area (Å²) in [6.45, 7) is 3.18. The molecule has 66 valence electrons. The lowest BCUT2D eigenvalue weighted by Crippen LogP contribution is -2.06. The van der Waals surface area contributed by atoms with Crippen LogP contribution in [0.4, 0.5) is 5.95 Å². The average molecular weight is 165 g/mol. The maximum atomic E-state index is 4.27. The second kappa shape index (κ2) is 3.17. The van der Waals surface area contributed by atoms with E-state index in [2.05, 4.69) is 28.0 Å². The second-order valence-corrected chi connectivity index (χ2v) is 3.32. The van der Waals surface area contributed by atoms with Gasteiger partial charge >= 0.3 is 0 Å². The highest BCUT2D eigenvalue weighted by Gasteiger charge is 2.25. The van der Waals surface area contributed by atoms with Gasteiger partial charge in [0.05, 0.1) is 0 Å². The monoisotopic (exact) mass is 165 g/mol. The summed E-state index contributed by atoms with van der Waals surface area (Å²) in [7, 11) is 0. The van der Waals surface area contributed by atoms with Gasteiger partial charge < -0.3 is 9.88 Å². The van der Waals surface area contributed by atoms with Gasteiger partial charge in [0.1, 0.15) is 0 Å². The van der Waals surface area contributed by atoms with Gasteiger partial charge in [-0.05, 0) is 19.3 Å². The first-order valence-electron chi connectivity index (χ1n) is 4.68. The third-order valence-electron chi connectivity index (χ3n) is 2.14. The van der Waals surface area contributed by atoms with E-state index in [0.29, 0.717) is 0 Å². The maximum absolute atomic E-state index is 4.27. The molecule has 0 unspecified atom stereocenters. The van der Waals surface area contributed by atoms with Crippen molar-refractivity contribution in [3.63, 3.8) is 0 Å². The van der Waals surface area contributed by atoms with Crippen molar-refractivity contribution in [2.45, 2.75) is 32.2 Å². The van der Waals surface area contributed by atoms with Crippen molar-refractivity contribution in [3.8, 4) is 0 Å². The molecule has 0 bridgehead atoms. The minimum absolute atomic E-state index is 0.729. The molecule has 12 heavy (non-hydrogen) atoms. The van der Waals surface area contributed by atoms with Crippen molar-refractivity contribution in [1.82, 2.24) is 9.55 Å². The van der Waals surface area contributed by atoms with Crippen molar-refractivity contribution < 1.29 is 0 Å². The number of aromatic nitrogens is 2. The summed E-state index contributed by atoms with van der Waals surface area (Å²) in [4.78, 5) is 4.27. The predicted octanol–water partition coefficient (Wildman–Crippen LogP) is 2.04. The molecule has 3 nitrogen and oxygen atoms in total. The first kappa shape index (κ1) is 7.65. The molecule has 0 saturated heterocycles. The summed E-state index contributed by atoms with van der Waals surface area (Å²) in [6.07, 6.45) is 7.72. The third-order valence-corrected chi connectivity index (χ3v) is 2.14. The highest BCUT2D eigenvalue weighted by molar-refractivity contribution is 5.27. The van der Waals surface area contributed by atoms with Gasteiger partial charge in [0.2, 0.25) is 5.95 Å². The average Bonchev–Trinajstić information content (AvgIpc) is 2.83. The summed E-state index contributed by atoms with van der Waals surface area (Å²) in [5.74, 6) is 1.04. The molecule has 0 atom stereocenters. The van der Waals surface area contributed by atoms with Crippen molar-refractivity contribution in [2.24, 2.45) is 0 Å². The number of anilines is 1. The van der Waals surface area contributed by atoms with E-state index in [-0.39, 0.29) is 0 Å². The SMILES string of the molecule is CCCNc1nccn1C1CC1. The van der Waals surface area contributed by atoms with Crippen LogP contribution in [-0.2, 0) is 0 Å². The van der Waals surface area contributed by atoms with E-state index in [9.17, 15) is 0 Å². The Morgan fingerprint density at radius 3 is 3.17 bits per heavy atom. The first-order chi connectivity index (χ1) is 5.92. The predicted molar refractivity (Wildman–Crippen MR) is 49.3 cm³/mol. The lowest BCUT2D eigenvalue weighted by atomic mass is 10.5. The van der Waals surface area contributed by atoms with Gasteiger partial charge in [0.25, 0.3) is 0 Å². The fourth-order valence-corrected chi connectivity index (χ4v) is 1.33. The van der Waals surface area contributed by atoms with Crippen LogP contribution < -0.4 is 5.32 Å². The molecular weight excluding hydrogens is 150 g/mol. The van der Waals surface area contributed by atoms with Crippen LogP contribution in [0.3, 0.4) is 0 Å². The standard InChI is InChI=1S/C9H15N3/c1-2-5-10-9-11-6-7-12(9)8-3-4-8/h6-8H,2-5H2,1H3,(H,10,11). The van der Waals surface area contributed by atoms with E-state index in [4.69, 9.17) is 0 Å². The number of hydrogen-bond donors (Lipinski definition) is 1. The number of hydrogen-bond acceptors (Lipinski definition) is 2. The Hall–Kier alpha value is -0.990. The summed E-state index contributed by atoms with van der Waals surface area (Å²) >= 11 is 0. The normalized spacial score (nSPS) is 16.4. The molecule has 0 aliphatic heterocycles. The lowest BCUT2D eigenvalue weighted by molar-refractivity contribution is 0.741. The Labute approximate surface area is 72.8 Å². The van der Waals surface area contributed by atoms with E-state index in [0.717, 1.165) is 25.0 Å². The largest absolute Gasteiger partial charge is 0.356 e. The topological polar surface area (TPSA) is 29.9 Å². The number of imidazole rings is 1. The van der Waals surface area contributed by atoms with E-state index >= 15 is 0 Å². The number of rotatable bonds is 4. The van der Waals surface area contributed by atoms with Crippen LogP contribution in [0.1, 0.15) is 32.2 Å². The molecule has 3 heteroatoms. The fourth-order valence-electron chi connectivity index (χ4n) is 1.33. The van der Waals surface area contributed by atoms with Gasteiger partial charge in [-0.3, -0.25) is 0 Å². The molecule has 1 N–H and O–H groups in total. The van der Waals surface area contributed by atoms with E-state index in [1.165, 1.54) is 12.8 Å². The van der Waals surface area contributed by atoms with Gasteiger partial charge in [0, 0.05) is 25.0 Å². The van der Waals surface area contributed by atoms with Gasteiger partial charge in [0.15, 0.2) is 0 Å². The van der Waals surface area contributed by atoms with Crippen molar-refractivity contribution in [2.75, 3.05) is 11.9 Å². The summed E-state index contributed by atoms with van der Waals surface area (Å²) in [5.41, 5.74) is 0. The molecule has 1 aliphatic rings. The molecule has 0 amide bonds. The molecule has 1 heterocycles. The lowest BCUT2D eigenvalue weighted by Gasteiger charge is -2.06. The zero-order valence-electron chi connectivity index (χ0n) is 7.45. The Balaban J connectivity index is 2.03. The first-order valence-corrected chi connectivity index (χ1v) is 4.68. The Morgan fingerprint density at radius 2 is 2.50 bits per heavy atom. The smallest absolute Gasteiger partial charge is 0.203 e. The fraction of sp³-hybridized carbons (Fsp3) is 0.667. The molecule has 1 fully saturated rings. The summed E-state index contributed by atoms with van der Waals surface area (Å²) in [5, 5.41) is 3.32. The highest BCUT2D eigenvalue weighted by atomic mass is 15.2. The Kier molecular flexibility index (Phi) is 2.02. The summed E-state index contributed by atoms with van der Waals surface area (Å²) in [6, 6.07) is 0.729. The molecule has 1 aliphatic carbocycles. The number of nitrogens with one attached hydrogen (secondary N) is 1. The highest BCUT2D eigenvalue weighted by Crippen LogP contribution is 2.36. The Bertz CT molecular complexity index is 250. The second-order valence-electron chi connectivity index (χ2n) is 3.32. The van der Waals surface area contributed by atoms with Crippen LogP contribution in [0.2, 0.25) is 0 Å². The molecule has 1 aromatic heterocycles. The zero-order valence-corrected chi connectivity index (χ0v) is 7.45. The van der Waals surface area contributed by atoms with Crippen molar-refractivity contribution in [3.05, 3.63) is 12.4 Å². The molecule has 2 rings (SSSR count). The van der Waals surface area contributed by atoms with E-state index in [1.54, 1.807) is 0 Å².